The standard InChI is InChI=1S/C27H23N3O2S/c31-26(28-33-22-12-2-1-3-13-22)17-18-29-24-15-6-7-16-25(24)30(27(29)32)19-21-11-8-10-20-9-4-5-14-23(20)21/h1-16H,17-19H2,(H,28,31). The van der Waals surface area contributed by atoms with Gasteiger partial charge in [0.25, 0.3) is 0 Å². The van der Waals surface area contributed by atoms with Crippen molar-refractivity contribution in [2.45, 2.75) is 24.4 Å². The normalized spacial score (nSPS) is 11.2. The summed E-state index contributed by atoms with van der Waals surface area (Å²) in [5, 5.41) is 2.29. The molecule has 5 aromatic rings. The molecule has 0 bridgehead atoms. The second kappa shape index (κ2) is 9.38. The van der Waals surface area contributed by atoms with Crippen LogP contribution in [0.3, 0.4) is 0 Å². The maximum Gasteiger partial charge on any atom is 0.329 e. The molecule has 0 fully saturated rings. The van der Waals surface area contributed by atoms with E-state index in [4.69, 9.17) is 0 Å². The highest BCUT2D eigenvalue weighted by molar-refractivity contribution is 7.98. The summed E-state index contributed by atoms with van der Waals surface area (Å²) in [6, 6.07) is 31.8. The number of hydrogen-bond acceptors (Lipinski definition) is 3. The minimum absolute atomic E-state index is 0.104. The maximum absolute atomic E-state index is 13.4. The molecule has 0 saturated carbocycles. The molecule has 4 aromatic carbocycles. The van der Waals surface area contributed by atoms with Gasteiger partial charge in [-0.05, 0) is 52.5 Å². The second-order valence-electron chi connectivity index (χ2n) is 7.84. The Morgan fingerprint density at radius 1 is 0.758 bits per heavy atom. The van der Waals surface area contributed by atoms with Gasteiger partial charge in [0.2, 0.25) is 5.91 Å². The zero-order valence-electron chi connectivity index (χ0n) is 18.0. The second-order valence-corrected chi connectivity index (χ2v) is 8.72. The van der Waals surface area contributed by atoms with Crippen molar-refractivity contribution in [2.24, 2.45) is 0 Å². The number of aromatic nitrogens is 2. The van der Waals surface area contributed by atoms with Crippen LogP contribution in [0.15, 0.2) is 107 Å². The van der Waals surface area contributed by atoms with Crippen LogP contribution in [-0.2, 0) is 17.9 Å². The molecule has 0 aliphatic heterocycles. The Hall–Kier alpha value is -3.77. The molecule has 5 nitrogen and oxygen atoms in total. The zero-order chi connectivity index (χ0) is 22.6. The minimum Gasteiger partial charge on any atom is -0.296 e. The average Bonchev–Trinajstić information content (AvgIpc) is 3.13. The number of aryl methyl sites for hydroxylation is 1. The third-order valence-corrected chi connectivity index (χ3v) is 6.56. The smallest absolute Gasteiger partial charge is 0.296 e. The first kappa shape index (κ1) is 21.1. The monoisotopic (exact) mass is 453 g/mol. The quantitative estimate of drug-likeness (QED) is 0.344. The van der Waals surface area contributed by atoms with Gasteiger partial charge in [-0.2, -0.15) is 0 Å². The Labute approximate surface area is 195 Å². The lowest BCUT2D eigenvalue weighted by atomic mass is 10.0. The van der Waals surface area contributed by atoms with Gasteiger partial charge in [0.15, 0.2) is 0 Å². The van der Waals surface area contributed by atoms with E-state index in [-0.39, 0.29) is 18.0 Å². The number of rotatable bonds is 7. The van der Waals surface area contributed by atoms with E-state index >= 15 is 0 Å². The summed E-state index contributed by atoms with van der Waals surface area (Å²) in [5.41, 5.74) is 2.70. The van der Waals surface area contributed by atoms with E-state index in [9.17, 15) is 9.59 Å². The van der Waals surface area contributed by atoms with Crippen molar-refractivity contribution in [1.29, 1.82) is 0 Å². The molecular weight excluding hydrogens is 430 g/mol. The molecular formula is C27H23N3O2S. The fourth-order valence-corrected chi connectivity index (χ4v) is 4.74. The van der Waals surface area contributed by atoms with Crippen LogP contribution in [-0.4, -0.2) is 15.0 Å². The van der Waals surface area contributed by atoms with Gasteiger partial charge in [-0.25, -0.2) is 4.79 Å². The van der Waals surface area contributed by atoms with Gasteiger partial charge in [-0.3, -0.25) is 18.7 Å². The van der Waals surface area contributed by atoms with Crippen molar-refractivity contribution in [3.05, 3.63) is 113 Å². The van der Waals surface area contributed by atoms with E-state index in [1.165, 1.54) is 11.9 Å². The van der Waals surface area contributed by atoms with Crippen LogP contribution in [0.5, 0.6) is 0 Å². The van der Waals surface area contributed by atoms with Gasteiger partial charge in [0.05, 0.1) is 17.6 Å². The lowest BCUT2D eigenvalue weighted by Gasteiger charge is -2.08. The highest BCUT2D eigenvalue weighted by atomic mass is 32.2. The number of fused-ring (bicyclic) bond motifs is 2. The molecule has 0 saturated heterocycles. The van der Waals surface area contributed by atoms with Crippen molar-refractivity contribution >= 4 is 39.7 Å². The first-order chi connectivity index (χ1) is 16.2. The summed E-state index contributed by atoms with van der Waals surface area (Å²) in [5.74, 6) is -0.110. The van der Waals surface area contributed by atoms with Gasteiger partial charge in [0.1, 0.15) is 0 Å². The Kier molecular flexibility index (Phi) is 6.00. The Balaban J connectivity index is 1.39. The summed E-state index contributed by atoms with van der Waals surface area (Å²) in [4.78, 5) is 26.8. The summed E-state index contributed by atoms with van der Waals surface area (Å²) in [7, 11) is 0. The van der Waals surface area contributed by atoms with E-state index in [1.807, 2.05) is 72.8 Å². The number of benzene rings is 4. The van der Waals surface area contributed by atoms with Crippen molar-refractivity contribution in [3.8, 4) is 0 Å². The topological polar surface area (TPSA) is 56.0 Å². The van der Waals surface area contributed by atoms with E-state index < -0.39 is 0 Å². The summed E-state index contributed by atoms with van der Waals surface area (Å²) < 4.78 is 6.36. The Morgan fingerprint density at radius 2 is 1.42 bits per heavy atom. The number of imidazole rings is 1. The predicted molar refractivity (Wildman–Crippen MR) is 134 cm³/mol. The van der Waals surface area contributed by atoms with E-state index in [0.717, 1.165) is 32.3 Å². The van der Waals surface area contributed by atoms with E-state index in [1.54, 1.807) is 9.13 Å². The largest absolute Gasteiger partial charge is 0.329 e. The molecule has 5 rings (SSSR count). The molecule has 1 heterocycles. The molecule has 1 aromatic heterocycles. The molecule has 1 amide bonds. The van der Waals surface area contributed by atoms with Gasteiger partial charge < -0.3 is 0 Å². The Morgan fingerprint density at radius 3 is 2.24 bits per heavy atom. The predicted octanol–water partition coefficient (Wildman–Crippen LogP) is 5.22. The zero-order valence-corrected chi connectivity index (χ0v) is 18.8. The Bertz CT molecular complexity index is 1480. The maximum atomic E-state index is 13.4. The number of nitrogens with one attached hydrogen (secondary N) is 1. The highest BCUT2D eigenvalue weighted by Gasteiger charge is 2.15. The number of hydrogen-bond donors (Lipinski definition) is 1. The van der Waals surface area contributed by atoms with Gasteiger partial charge >= 0.3 is 5.69 Å². The van der Waals surface area contributed by atoms with Gasteiger partial charge in [-0.1, -0.05) is 72.8 Å². The lowest BCUT2D eigenvalue weighted by Crippen LogP contribution is -2.27. The minimum atomic E-state index is -0.110. The van der Waals surface area contributed by atoms with Crippen molar-refractivity contribution < 1.29 is 4.79 Å². The van der Waals surface area contributed by atoms with Crippen molar-refractivity contribution in [1.82, 2.24) is 13.9 Å². The molecule has 164 valence electrons. The van der Waals surface area contributed by atoms with Gasteiger partial charge in [0, 0.05) is 17.9 Å². The molecule has 0 unspecified atom stereocenters. The molecule has 0 spiro atoms. The third kappa shape index (κ3) is 4.43. The van der Waals surface area contributed by atoms with Crippen LogP contribution >= 0.6 is 11.9 Å². The van der Waals surface area contributed by atoms with Crippen LogP contribution < -0.4 is 10.4 Å². The lowest BCUT2D eigenvalue weighted by molar-refractivity contribution is -0.119. The van der Waals surface area contributed by atoms with Crippen molar-refractivity contribution in [2.75, 3.05) is 0 Å². The average molecular weight is 454 g/mol. The van der Waals surface area contributed by atoms with E-state index in [2.05, 4.69) is 29.0 Å². The molecule has 0 atom stereocenters. The molecule has 0 radical (unpaired) electrons. The molecule has 1 N–H and O–H groups in total. The molecule has 0 aliphatic rings. The summed E-state index contributed by atoms with van der Waals surface area (Å²) in [6.07, 6.45) is 0.224. The molecule has 33 heavy (non-hydrogen) atoms. The SMILES string of the molecule is O=C(CCn1c(=O)n(Cc2cccc3ccccc23)c2ccccc21)NSc1ccccc1. The number of carbonyl (C=O) groups excluding carboxylic acids is 1. The van der Waals surface area contributed by atoms with Crippen molar-refractivity contribution in [3.63, 3.8) is 0 Å². The van der Waals surface area contributed by atoms with Crippen LogP contribution in [0.25, 0.3) is 21.8 Å². The third-order valence-electron chi connectivity index (χ3n) is 5.72. The fraction of sp³-hybridized carbons (Fsp3) is 0.111. The highest BCUT2D eigenvalue weighted by Crippen LogP contribution is 2.21. The van der Waals surface area contributed by atoms with Crippen LogP contribution in [0.2, 0.25) is 0 Å². The van der Waals surface area contributed by atoms with E-state index in [0.29, 0.717) is 13.1 Å². The fourth-order valence-electron chi connectivity index (χ4n) is 4.11. The van der Waals surface area contributed by atoms with Gasteiger partial charge in [-0.15, -0.1) is 0 Å². The number of para-hydroxylation sites is 2. The van der Waals surface area contributed by atoms with Crippen LogP contribution in [0, 0.1) is 0 Å². The first-order valence-electron chi connectivity index (χ1n) is 10.9. The number of amides is 1. The summed E-state index contributed by atoms with van der Waals surface area (Å²) in [6.45, 7) is 0.798. The van der Waals surface area contributed by atoms with Crippen LogP contribution in [0.4, 0.5) is 0 Å². The first-order valence-corrected chi connectivity index (χ1v) is 11.7. The van der Waals surface area contributed by atoms with Crippen LogP contribution in [0.1, 0.15) is 12.0 Å². The summed E-state index contributed by atoms with van der Waals surface area (Å²) >= 11 is 1.29. The number of nitrogens with zero attached hydrogens (tertiary/aromatic N) is 2. The molecule has 6 heteroatoms. The number of carbonyl (C=O) groups is 1. The molecule has 0 aliphatic carbocycles.